The van der Waals surface area contributed by atoms with Gasteiger partial charge in [-0.05, 0) is 72.8 Å². The van der Waals surface area contributed by atoms with Gasteiger partial charge in [0.25, 0.3) is 15.6 Å². The fraction of sp³-hybridized carbons (Fsp3) is 0.0690. The molecule has 39 heavy (non-hydrogen) atoms. The molecular formula is C29H24N4O5S. The summed E-state index contributed by atoms with van der Waals surface area (Å²) < 4.78 is 29.6. The molecule has 0 aliphatic carbocycles. The number of aliphatic imine (C=N–C) groups is 1. The van der Waals surface area contributed by atoms with Crippen molar-refractivity contribution in [3.63, 3.8) is 0 Å². The molecule has 0 radical (unpaired) electrons. The third-order valence-electron chi connectivity index (χ3n) is 6.39. The quantitative estimate of drug-likeness (QED) is 0.272. The number of rotatable bonds is 6. The largest absolute Gasteiger partial charge is 0.493 e. The average molecular weight is 541 g/mol. The Bertz CT molecular complexity index is 1970. The number of benzene rings is 4. The van der Waals surface area contributed by atoms with E-state index in [0.717, 1.165) is 32.7 Å². The van der Waals surface area contributed by atoms with Crippen LogP contribution in [0.3, 0.4) is 0 Å². The molecule has 0 unspecified atom stereocenters. The van der Waals surface area contributed by atoms with Gasteiger partial charge in [0, 0.05) is 11.6 Å². The SMILES string of the molecule is Cc1ccc(-n2c(O)c(C=Nc3ccc(S(=O)(=O)Nc4cccc5ccccc45)cc3)c(=O)[nH]c2=O)cc1C. The van der Waals surface area contributed by atoms with Gasteiger partial charge in [-0.2, -0.15) is 0 Å². The normalized spacial score (nSPS) is 11.7. The zero-order valence-corrected chi connectivity index (χ0v) is 21.9. The van der Waals surface area contributed by atoms with Crippen LogP contribution in [0.15, 0.2) is 104 Å². The number of hydrogen-bond donors (Lipinski definition) is 3. The Morgan fingerprint density at radius 2 is 1.62 bits per heavy atom. The summed E-state index contributed by atoms with van der Waals surface area (Å²) in [6.45, 7) is 3.79. The van der Waals surface area contributed by atoms with Crippen LogP contribution >= 0.6 is 0 Å². The highest BCUT2D eigenvalue weighted by molar-refractivity contribution is 7.92. The number of aryl methyl sites for hydroxylation is 2. The van der Waals surface area contributed by atoms with Crippen LogP contribution in [-0.2, 0) is 10.0 Å². The summed E-state index contributed by atoms with van der Waals surface area (Å²) in [4.78, 5) is 31.3. The second-order valence-corrected chi connectivity index (χ2v) is 10.7. The van der Waals surface area contributed by atoms with E-state index in [1.54, 1.807) is 30.3 Å². The highest BCUT2D eigenvalue weighted by Gasteiger charge is 2.17. The molecule has 10 heteroatoms. The fourth-order valence-corrected chi connectivity index (χ4v) is 5.21. The van der Waals surface area contributed by atoms with Crippen molar-refractivity contribution in [2.24, 2.45) is 4.99 Å². The number of hydrogen-bond acceptors (Lipinski definition) is 6. The summed E-state index contributed by atoms with van der Waals surface area (Å²) in [6, 6.07) is 23.7. The average Bonchev–Trinajstić information content (AvgIpc) is 2.91. The highest BCUT2D eigenvalue weighted by Crippen LogP contribution is 2.26. The Morgan fingerprint density at radius 1 is 0.897 bits per heavy atom. The maximum absolute atomic E-state index is 13.0. The lowest BCUT2D eigenvalue weighted by atomic mass is 10.1. The minimum atomic E-state index is -3.88. The molecule has 5 rings (SSSR count). The van der Waals surface area contributed by atoms with Crippen molar-refractivity contribution in [3.05, 3.63) is 122 Å². The first-order valence-electron chi connectivity index (χ1n) is 11.9. The lowest BCUT2D eigenvalue weighted by Crippen LogP contribution is -2.31. The first-order valence-corrected chi connectivity index (χ1v) is 13.4. The smallest absolute Gasteiger partial charge is 0.335 e. The van der Waals surface area contributed by atoms with Crippen molar-refractivity contribution in [2.45, 2.75) is 18.7 Å². The number of aromatic nitrogens is 2. The topological polar surface area (TPSA) is 134 Å². The number of nitrogens with zero attached hydrogens (tertiary/aromatic N) is 2. The Labute approximate surface area is 223 Å². The molecule has 0 aliphatic heterocycles. The van der Waals surface area contributed by atoms with Crippen molar-refractivity contribution in [2.75, 3.05) is 4.72 Å². The number of aromatic hydroxyl groups is 1. The first-order chi connectivity index (χ1) is 18.6. The van der Waals surface area contributed by atoms with Gasteiger partial charge in [-0.3, -0.25) is 19.5 Å². The van der Waals surface area contributed by atoms with Crippen LogP contribution in [0.4, 0.5) is 11.4 Å². The van der Waals surface area contributed by atoms with E-state index in [1.165, 1.54) is 24.3 Å². The molecule has 1 aromatic heterocycles. The van der Waals surface area contributed by atoms with E-state index in [9.17, 15) is 23.1 Å². The number of H-pyrrole nitrogens is 1. The van der Waals surface area contributed by atoms with E-state index >= 15 is 0 Å². The molecule has 0 spiro atoms. The lowest BCUT2D eigenvalue weighted by Gasteiger charge is -2.11. The second-order valence-electron chi connectivity index (χ2n) is 8.98. The minimum Gasteiger partial charge on any atom is -0.493 e. The molecule has 0 aliphatic rings. The van der Waals surface area contributed by atoms with E-state index in [1.807, 2.05) is 44.2 Å². The van der Waals surface area contributed by atoms with Gasteiger partial charge in [-0.15, -0.1) is 0 Å². The Balaban J connectivity index is 1.42. The molecular weight excluding hydrogens is 516 g/mol. The molecule has 5 aromatic rings. The van der Waals surface area contributed by atoms with Gasteiger partial charge in [0.15, 0.2) is 0 Å². The Morgan fingerprint density at radius 3 is 2.36 bits per heavy atom. The van der Waals surface area contributed by atoms with E-state index in [4.69, 9.17) is 0 Å². The first kappa shape index (κ1) is 25.7. The van der Waals surface area contributed by atoms with Crippen LogP contribution in [0.25, 0.3) is 16.5 Å². The second kappa shape index (κ2) is 10.1. The van der Waals surface area contributed by atoms with Crippen LogP contribution in [0.1, 0.15) is 16.7 Å². The number of fused-ring (bicyclic) bond motifs is 1. The number of nitrogens with one attached hydrogen (secondary N) is 2. The predicted molar refractivity (Wildman–Crippen MR) is 152 cm³/mol. The summed E-state index contributed by atoms with van der Waals surface area (Å²) >= 11 is 0. The van der Waals surface area contributed by atoms with E-state index in [-0.39, 0.29) is 10.5 Å². The molecule has 0 saturated carbocycles. The van der Waals surface area contributed by atoms with E-state index in [2.05, 4.69) is 14.7 Å². The number of aromatic amines is 1. The van der Waals surface area contributed by atoms with Crippen LogP contribution in [-0.4, -0.2) is 29.3 Å². The highest BCUT2D eigenvalue weighted by atomic mass is 32.2. The standard InChI is InChI=1S/C29H24N4O5S/c1-18-10-13-22(16-19(18)2)33-28(35)25(27(34)31-29(33)36)17-30-21-11-14-23(15-12-21)39(37,38)32-26-9-5-7-20-6-3-4-8-24(20)26/h3-17,32,35H,1-2H3,(H,31,34,36). The van der Waals surface area contributed by atoms with Gasteiger partial charge in [0.05, 0.1) is 22.0 Å². The molecule has 0 fully saturated rings. The molecule has 196 valence electrons. The molecule has 0 bridgehead atoms. The van der Waals surface area contributed by atoms with Crippen molar-refractivity contribution in [1.82, 2.24) is 9.55 Å². The lowest BCUT2D eigenvalue weighted by molar-refractivity contribution is 0.430. The maximum Gasteiger partial charge on any atom is 0.335 e. The fourth-order valence-electron chi connectivity index (χ4n) is 4.13. The molecule has 9 nitrogen and oxygen atoms in total. The van der Waals surface area contributed by atoms with Crippen molar-refractivity contribution in [1.29, 1.82) is 0 Å². The minimum absolute atomic E-state index is 0.0263. The van der Waals surface area contributed by atoms with E-state index < -0.39 is 27.2 Å². The molecule has 4 aromatic carbocycles. The van der Waals surface area contributed by atoms with Crippen molar-refractivity contribution >= 4 is 38.4 Å². The molecule has 3 N–H and O–H groups in total. The van der Waals surface area contributed by atoms with Crippen molar-refractivity contribution < 1.29 is 13.5 Å². The van der Waals surface area contributed by atoms with Crippen LogP contribution in [0.5, 0.6) is 5.88 Å². The summed E-state index contributed by atoms with van der Waals surface area (Å²) in [5.41, 5.74) is 1.29. The molecule has 0 amide bonds. The van der Waals surface area contributed by atoms with Gasteiger partial charge in [0.1, 0.15) is 5.56 Å². The number of sulfonamides is 1. The summed E-state index contributed by atoms with van der Waals surface area (Å²) in [6.07, 6.45) is 1.13. The van der Waals surface area contributed by atoms with Crippen LogP contribution < -0.4 is 16.0 Å². The van der Waals surface area contributed by atoms with Crippen LogP contribution in [0.2, 0.25) is 0 Å². The van der Waals surface area contributed by atoms with Crippen molar-refractivity contribution in [3.8, 4) is 11.6 Å². The van der Waals surface area contributed by atoms with E-state index in [0.29, 0.717) is 17.1 Å². The third kappa shape index (κ3) is 5.10. The predicted octanol–water partition coefficient (Wildman–Crippen LogP) is 4.55. The van der Waals surface area contributed by atoms with Gasteiger partial charge < -0.3 is 5.11 Å². The summed E-state index contributed by atoms with van der Waals surface area (Å²) in [7, 11) is -3.88. The third-order valence-corrected chi connectivity index (χ3v) is 7.77. The van der Waals surface area contributed by atoms with Gasteiger partial charge in [-0.1, -0.05) is 42.5 Å². The van der Waals surface area contributed by atoms with Gasteiger partial charge in [0.2, 0.25) is 5.88 Å². The van der Waals surface area contributed by atoms with Gasteiger partial charge >= 0.3 is 5.69 Å². The molecule has 0 saturated heterocycles. The Kier molecular flexibility index (Phi) is 6.63. The zero-order chi connectivity index (χ0) is 27.7. The monoisotopic (exact) mass is 540 g/mol. The maximum atomic E-state index is 13.0. The zero-order valence-electron chi connectivity index (χ0n) is 21.0. The summed E-state index contributed by atoms with van der Waals surface area (Å²) in [5.74, 6) is -0.561. The number of anilines is 1. The van der Waals surface area contributed by atoms with Crippen LogP contribution in [0, 0.1) is 13.8 Å². The summed E-state index contributed by atoms with van der Waals surface area (Å²) in [5, 5.41) is 12.5. The Hall–Kier alpha value is -4.96. The molecule has 0 atom stereocenters. The van der Waals surface area contributed by atoms with Gasteiger partial charge in [-0.25, -0.2) is 17.8 Å². The molecule has 1 heterocycles.